The van der Waals surface area contributed by atoms with Crippen LogP contribution in [0.15, 0.2) is 42.7 Å². The van der Waals surface area contributed by atoms with Gasteiger partial charge in [-0.15, -0.1) is 0 Å². The lowest BCUT2D eigenvalue weighted by molar-refractivity contribution is 0.315. The number of pyridine rings is 2. The van der Waals surface area contributed by atoms with E-state index in [1.165, 1.54) is 5.56 Å². The van der Waals surface area contributed by atoms with Gasteiger partial charge in [0.2, 0.25) is 0 Å². The third-order valence-electron chi connectivity index (χ3n) is 2.83. The van der Waals surface area contributed by atoms with Crippen LogP contribution < -0.4 is 5.32 Å². The van der Waals surface area contributed by atoms with Crippen LogP contribution in [-0.2, 0) is 13.1 Å². The molecule has 2 heterocycles. The molecule has 1 N–H and O–H groups in total. The van der Waals surface area contributed by atoms with Gasteiger partial charge in [-0.2, -0.15) is 0 Å². The quantitative estimate of drug-likeness (QED) is 0.862. The van der Waals surface area contributed by atoms with Crippen LogP contribution in [0.25, 0.3) is 0 Å². The molecule has 2 aromatic heterocycles. The van der Waals surface area contributed by atoms with Crippen molar-refractivity contribution < 1.29 is 0 Å². The van der Waals surface area contributed by atoms with Gasteiger partial charge >= 0.3 is 0 Å². The minimum atomic E-state index is 0.835. The zero-order chi connectivity index (χ0) is 13.5. The highest BCUT2D eigenvalue weighted by atomic mass is 15.1. The molecule has 2 rings (SSSR count). The maximum Gasteiger partial charge on any atom is 0.130 e. The van der Waals surface area contributed by atoms with E-state index in [1.807, 2.05) is 36.7 Å². The number of hydrogen-bond acceptors (Lipinski definition) is 4. The van der Waals surface area contributed by atoms with E-state index < -0.39 is 0 Å². The normalized spacial score (nSPS) is 10.7. The van der Waals surface area contributed by atoms with Crippen molar-refractivity contribution >= 4 is 5.82 Å². The van der Waals surface area contributed by atoms with Gasteiger partial charge < -0.3 is 5.32 Å². The van der Waals surface area contributed by atoms with Crippen molar-refractivity contribution in [3.05, 3.63) is 54.0 Å². The van der Waals surface area contributed by atoms with Gasteiger partial charge in [0.1, 0.15) is 5.82 Å². The summed E-state index contributed by atoms with van der Waals surface area (Å²) in [5.41, 5.74) is 2.29. The molecule has 0 saturated carbocycles. The summed E-state index contributed by atoms with van der Waals surface area (Å²) in [5.74, 6) is 0.970. The highest BCUT2D eigenvalue weighted by Gasteiger charge is 2.06. The molecule has 0 fully saturated rings. The van der Waals surface area contributed by atoms with E-state index >= 15 is 0 Å². The van der Waals surface area contributed by atoms with E-state index in [0.29, 0.717) is 0 Å². The van der Waals surface area contributed by atoms with Gasteiger partial charge in [-0.05, 0) is 32.2 Å². The maximum absolute atomic E-state index is 4.38. The molecule has 4 nitrogen and oxygen atoms in total. The van der Waals surface area contributed by atoms with Crippen LogP contribution in [0.3, 0.4) is 0 Å². The monoisotopic (exact) mass is 256 g/mol. The average Bonchev–Trinajstić information content (AvgIpc) is 2.42. The number of anilines is 1. The van der Waals surface area contributed by atoms with Gasteiger partial charge in [-0.3, -0.25) is 9.88 Å². The molecule has 0 spiro atoms. The van der Waals surface area contributed by atoms with Crippen LogP contribution in [0.1, 0.15) is 18.2 Å². The Labute approximate surface area is 114 Å². The topological polar surface area (TPSA) is 41.1 Å². The lowest BCUT2D eigenvalue weighted by atomic mass is 10.2. The summed E-state index contributed by atoms with van der Waals surface area (Å²) in [5, 5.41) is 3.29. The first-order chi connectivity index (χ1) is 9.29. The molecular weight excluding hydrogens is 236 g/mol. The summed E-state index contributed by atoms with van der Waals surface area (Å²) in [4.78, 5) is 11.0. The summed E-state index contributed by atoms with van der Waals surface area (Å²) in [6.45, 7) is 4.65. The molecule has 19 heavy (non-hydrogen) atoms. The molecular formula is C15H20N4. The van der Waals surface area contributed by atoms with Crippen molar-refractivity contribution in [1.29, 1.82) is 0 Å². The predicted octanol–water partition coefficient (Wildman–Crippen LogP) is 2.54. The Morgan fingerprint density at radius 3 is 2.63 bits per heavy atom. The minimum Gasteiger partial charge on any atom is -0.370 e. The number of rotatable bonds is 6. The van der Waals surface area contributed by atoms with Gasteiger partial charge in [-0.1, -0.05) is 12.1 Å². The molecule has 0 radical (unpaired) electrons. The molecule has 0 unspecified atom stereocenters. The third-order valence-corrected chi connectivity index (χ3v) is 2.83. The smallest absolute Gasteiger partial charge is 0.130 e. The molecule has 100 valence electrons. The fourth-order valence-corrected chi connectivity index (χ4v) is 2.01. The van der Waals surface area contributed by atoms with E-state index in [-0.39, 0.29) is 0 Å². The van der Waals surface area contributed by atoms with E-state index in [2.05, 4.69) is 40.2 Å². The largest absolute Gasteiger partial charge is 0.370 e. The van der Waals surface area contributed by atoms with Crippen LogP contribution in [-0.4, -0.2) is 28.5 Å². The second-order valence-corrected chi connectivity index (χ2v) is 4.53. The van der Waals surface area contributed by atoms with E-state index in [0.717, 1.165) is 31.1 Å². The van der Waals surface area contributed by atoms with Crippen LogP contribution in [0.4, 0.5) is 5.82 Å². The lowest BCUT2D eigenvalue weighted by Crippen LogP contribution is -2.19. The summed E-state index contributed by atoms with van der Waals surface area (Å²) < 4.78 is 0. The molecule has 0 saturated heterocycles. The minimum absolute atomic E-state index is 0.835. The fraction of sp³-hybridized carbons (Fsp3) is 0.333. The maximum atomic E-state index is 4.38. The Morgan fingerprint density at radius 1 is 1.05 bits per heavy atom. The van der Waals surface area contributed by atoms with Crippen LogP contribution in [0.2, 0.25) is 0 Å². The fourth-order valence-electron chi connectivity index (χ4n) is 2.01. The van der Waals surface area contributed by atoms with E-state index in [9.17, 15) is 0 Å². The van der Waals surface area contributed by atoms with Crippen molar-refractivity contribution in [3.8, 4) is 0 Å². The third kappa shape index (κ3) is 4.03. The van der Waals surface area contributed by atoms with Gasteiger partial charge in [0.05, 0.1) is 5.69 Å². The molecule has 0 aromatic carbocycles. The number of nitrogens with zero attached hydrogens (tertiary/aromatic N) is 3. The number of aromatic nitrogens is 2. The summed E-state index contributed by atoms with van der Waals surface area (Å²) in [6, 6.07) is 10.1. The zero-order valence-corrected chi connectivity index (χ0v) is 11.5. The van der Waals surface area contributed by atoms with E-state index in [1.54, 1.807) is 0 Å². The highest BCUT2D eigenvalue weighted by molar-refractivity contribution is 5.43. The Morgan fingerprint density at radius 2 is 1.89 bits per heavy atom. The number of hydrogen-bond donors (Lipinski definition) is 1. The first-order valence-corrected chi connectivity index (χ1v) is 6.56. The lowest BCUT2D eigenvalue weighted by Gasteiger charge is -2.18. The van der Waals surface area contributed by atoms with Gasteiger partial charge in [-0.25, -0.2) is 4.98 Å². The first-order valence-electron chi connectivity index (χ1n) is 6.56. The van der Waals surface area contributed by atoms with Crippen molar-refractivity contribution in [1.82, 2.24) is 14.9 Å². The molecule has 0 bridgehead atoms. The second kappa shape index (κ2) is 6.85. The zero-order valence-electron chi connectivity index (χ0n) is 11.5. The standard InChI is InChI=1S/C15H20N4/c1-3-16-15-13(7-6-10-18-15)11-19(2)12-14-8-4-5-9-17-14/h4-10H,3,11-12H2,1-2H3,(H,16,18). The van der Waals surface area contributed by atoms with E-state index in [4.69, 9.17) is 0 Å². The molecule has 0 aliphatic heterocycles. The van der Waals surface area contributed by atoms with Crippen LogP contribution >= 0.6 is 0 Å². The Kier molecular flexibility index (Phi) is 4.86. The Hall–Kier alpha value is -1.94. The predicted molar refractivity (Wildman–Crippen MR) is 77.8 cm³/mol. The summed E-state index contributed by atoms with van der Waals surface area (Å²) in [7, 11) is 2.09. The highest BCUT2D eigenvalue weighted by Crippen LogP contribution is 2.14. The Bertz CT molecular complexity index is 499. The number of nitrogens with one attached hydrogen (secondary N) is 1. The SMILES string of the molecule is CCNc1ncccc1CN(C)Cc1ccccn1. The van der Waals surface area contributed by atoms with Gasteiger partial charge in [0.15, 0.2) is 0 Å². The average molecular weight is 256 g/mol. The molecule has 4 heteroatoms. The molecule has 0 atom stereocenters. The van der Waals surface area contributed by atoms with Crippen LogP contribution in [0, 0.1) is 0 Å². The molecule has 2 aromatic rings. The van der Waals surface area contributed by atoms with Gasteiger partial charge in [0.25, 0.3) is 0 Å². The Balaban J connectivity index is 2.00. The van der Waals surface area contributed by atoms with Crippen molar-refractivity contribution in [2.45, 2.75) is 20.0 Å². The van der Waals surface area contributed by atoms with Crippen LogP contribution in [0.5, 0.6) is 0 Å². The summed E-state index contributed by atoms with van der Waals surface area (Å²) in [6.07, 6.45) is 3.65. The van der Waals surface area contributed by atoms with Crippen molar-refractivity contribution in [2.24, 2.45) is 0 Å². The second-order valence-electron chi connectivity index (χ2n) is 4.53. The first kappa shape index (κ1) is 13.5. The van der Waals surface area contributed by atoms with Crippen molar-refractivity contribution in [3.63, 3.8) is 0 Å². The molecule has 0 aliphatic rings. The molecule has 0 aliphatic carbocycles. The van der Waals surface area contributed by atoms with Crippen molar-refractivity contribution in [2.75, 3.05) is 18.9 Å². The molecule has 0 amide bonds. The van der Waals surface area contributed by atoms with Gasteiger partial charge in [0, 0.05) is 37.6 Å². The summed E-state index contributed by atoms with van der Waals surface area (Å²) >= 11 is 0.